The Balaban J connectivity index is 1.62. The van der Waals surface area contributed by atoms with Crippen LogP contribution in [0.2, 0.25) is 5.02 Å². The lowest BCUT2D eigenvalue weighted by Gasteiger charge is -2.37. The van der Waals surface area contributed by atoms with Crippen molar-refractivity contribution in [3.63, 3.8) is 0 Å². The van der Waals surface area contributed by atoms with Crippen molar-refractivity contribution in [3.8, 4) is 5.75 Å². The van der Waals surface area contributed by atoms with Crippen LogP contribution in [0.4, 0.5) is 13.2 Å². The maximum absolute atomic E-state index is 12.8. The Kier molecular flexibility index (Phi) is 8.83. The van der Waals surface area contributed by atoms with E-state index in [4.69, 9.17) is 16.3 Å². The van der Waals surface area contributed by atoms with Gasteiger partial charge in [-0.1, -0.05) is 29.8 Å². The molecule has 0 radical (unpaired) electrons. The highest BCUT2D eigenvalue weighted by Gasteiger charge is 2.42. The van der Waals surface area contributed by atoms with E-state index >= 15 is 0 Å². The van der Waals surface area contributed by atoms with Crippen LogP contribution in [-0.4, -0.2) is 64.7 Å². The molecule has 2 atom stereocenters. The van der Waals surface area contributed by atoms with Gasteiger partial charge in [0.05, 0.1) is 24.5 Å². The van der Waals surface area contributed by atoms with Gasteiger partial charge in [-0.05, 0) is 37.3 Å². The molecule has 2 aromatic rings. The molecule has 0 saturated carbocycles. The lowest BCUT2D eigenvalue weighted by atomic mass is 10.0. The van der Waals surface area contributed by atoms with E-state index in [0.29, 0.717) is 36.8 Å². The summed E-state index contributed by atoms with van der Waals surface area (Å²) in [5.41, 5.74) is 0.611. The van der Waals surface area contributed by atoms with Gasteiger partial charge < -0.3 is 14.0 Å². The third kappa shape index (κ3) is 6.86. The molecule has 34 heavy (non-hydrogen) atoms. The van der Waals surface area contributed by atoms with Crippen molar-refractivity contribution in [2.45, 2.75) is 24.0 Å². The zero-order valence-corrected chi connectivity index (χ0v) is 19.7. The molecule has 0 aromatic heterocycles. The monoisotopic (exact) mass is 518 g/mol. The summed E-state index contributed by atoms with van der Waals surface area (Å²) in [4.78, 5) is 25.2. The number of piperazine rings is 1. The van der Waals surface area contributed by atoms with Crippen LogP contribution in [0.15, 0.2) is 53.4 Å². The highest BCUT2D eigenvalue weighted by atomic mass is 35.5. The number of halogens is 4. The molecule has 0 N–H and O–H groups in total. The molecule has 2 aromatic carbocycles. The van der Waals surface area contributed by atoms with Gasteiger partial charge in [0.15, 0.2) is 11.5 Å². The van der Waals surface area contributed by atoms with E-state index in [1.165, 1.54) is 12.1 Å². The van der Waals surface area contributed by atoms with E-state index in [-0.39, 0.29) is 11.8 Å². The number of carbonyl (C=O) groups excluding carboxylic acids is 2. The van der Waals surface area contributed by atoms with Crippen LogP contribution in [0.3, 0.4) is 0 Å². The maximum atomic E-state index is 12.8. The summed E-state index contributed by atoms with van der Waals surface area (Å²) in [6.45, 7) is 3.30. The van der Waals surface area contributed by atoms with Crippen molar-refractivity contribution in [2.75, 3.05) is 32.8 Å². The summed E-state index contributed by atoms with van der Waals surface area (Å²) in [6, 6.07) is 13.6. The predicted octanol–water partition coefficient (Wildman–Crippen LogP) is 3.75. The number of rotatable bonds is 7. The molecule has 1 saturated heterocycles. The molecule has 0 aliphatic carbocycles. The Morgan fingerprint density at radius 1 is 1.12 bits per heavy atom. The van der Waals surface area contributed by atoms with Gasteiger partial charge >= 0.3 is 18.1 Å². The molecule has 12 heteroatoms. The van der Waals surface area contributed by atoms with Gasteiger partial charge in [0, 0.05) is 29.7 Å². The molecule has 0 bridgehead atoms. The van der Waals surface area contributed by atoms with E-state index in [2.05, 4.69) is 9.64 Å². The van der Waals surface area contributed by atoms with Gasteiger partial charge in [-0.25, -0.2) is 9.59 Å². The molecule has 2 unspecified atom stereocenters. The predicted molar refractivity (Wildman–Crippen MR) is 119 cm³/mol. The summed E-state index contributed by atoms with van der Waals surface area (Å²) in [5.74, 6) is -3.84. The van der Waals surface area contributed by atoms with Crippen molar-refractivity contribution in [1.29, 1.82) is 0 Å². The van der Waals surface area contributed by atoms with Gasteiger partial charge in [-0.2, -0.15) is 13.2 Å². The standard InChI is InChI=1S/C22H22ClF3N2O5S/c1-15(27-9-11-28(12-10-27)34(31)17-5-3-2-4-6-17)18-13-16(23)7-8-19(18)32-14-20(29)33-21(30)22(24,25)26/h2-8,13,15H,9-12,14H2,1H3. The second-order valence-corrected chi connectivity index (χ2v) is 9.36. The number of carbonyl (C=O) groups is 2. The zero-order valence-electron chi connectivity index (χ0n) is 18.1. The first-order chi connectivity index (χ1) is 16.1. The smallest absolute Gasteiger partial charge is 0.491 e. The number of esters is 2. The van der Waals surface area contributed by atoms with Crippen molar-refractivity contribution < 1.29 is 36.8 Å². The minimum Gasteiger partial charge on any atom is -0.593 e. The summed E-state index contributed by atoms with van der Waals surface area (Å²) >= 11 is 4.86. The van der Waals surface area contributed by atoms with E-state index < -0.39 is 36.1 Å². The average Bonchev–Trinajstić information content (AvgIpc) is 2.82. The molecular formula is C22H22ClF3N2O5S. The number of benzene rings is 2. The van der Waals surface area contributed by atoms with Crippen LogP contribution in [0, 0.1) is 0 Å². The van der Waals surface area contributed by atoms with Crippen LogP contribution in [0.25, 0.3) is 0 Å². The molecule has 7 nitrogen and oxygen atoms in total. The van der Waals surface area contributed by atoms with Crippen LogP contribution >= 0.6 is 11.6 Å². The first kappa shape index (κ1) is 26.3. The summed E-state index contributed by atoms with van der Waals surface area (Å²) in [7, 11) is 0. The van der Waals surface area contributed by atoms with Crippen LogP contribution in [0.5, 0.6) is 5.75 Å². The second kappa shape index (κ2) is 11.4. The van der Waals surface area contributed by atoms with E-state index in [0.717, 1.165) is 4.90 Å². The number of alkyl halides is 3. The molecular weight excluding hydrogens is 497 g/mol. The van der Waals surface area contributed by atoms with Crippen molar-refractivity contribution >= 4 is 34.9 Å². The Labute approximate surface area is 202 Å². The maximum Gasteiger partial charge on any atom is 0.491 e. The Bertz CT molecular complexity index is 1000. The largest absolute Gasteiger partial charge is 0.593 e. The van der Waals surface area contributed by atoms with Crippen molar-refractivity contribution in [2.24, 2.45) is 0 Å². The summed E-state index contributed by atoms with van der Waals surface area (Å²) in [5, 5.41) is 0.410. The highest BCUT2D eigenvalue weighted by molar-refractivity contribution is 7.89. The van der Waals surface area contributed by atoms with Gasteiger partial charge in [0.25, 0.3) is 0 Å². The number of ether oxygens (including phenoxy) is 2. The lowest BCUT2D eigenvalue weighted by molar-refractivity contribution is -0.202. The molecule has 1 fully saturated rings. The Morgan fingerprint density at radius 3 is 2.38 bits per heavy atom. The second-order valence-electron chi connectivity index (χ2n) is 7.43. The third-order valence-electron chi connectivity index (χ3n) is 5.21. The fraction of sp³-hybridized carbons (Fsp3) is 0.364. The number of nitrogens with zero attached hydrogens (tertiary/aromatic N) is 2. The molecule has 1 heterocycles. The molecule has 184 valence electrons. The van der Waals surface area contributed by atoms with E-state index in [1.54, 1.807) is 6.07 Å². The van der Waals surface area contributed by atoms with Crippen LogP contribution in [0.1, 0.15) is 18.5 Å². The van der Waals surface area contributed by atoms with Gasteiger partial charge in [-0.15, -0.1) is 4.31 Å². The normalized spacial score (nSPS) is 17.1. The van der Waals surface area contributed by atoms with Gasteiger partial charge in [0.1, 0.15) is 5.75 Å². The lowest BCUT2D eigenvalue weighted by Crippen LogP contribution is -2.49. The van der Waals surface area contributed by atoms with E-state index in [9.17, 15) is 27.3 Å². The number of hydrogen-bond acceptors (Lipinski definition) is 7. The first-order valence-corrected chi connectivity index (χ1v) is 11.7. The Hall–Kier alpha value is -2.31. The van der Waals surface area contributed by atoms with Gasteiger partial charge in [0.2, 0.25) is 0 Å². The molecule has 1 aliphatic rings. The fourth-order valence-electron chi connectivity index (χ4n) is 3.44. The SMILES string of the molecule is CC(c1cc(Cl)ccc1OCC(=O)OC(=O)C(F)(F)F)N1CCN([S+]([O-])c2ccccc2)CC1. The minimum atomic E-state index is -5.28. The van der Waals surface area contributed by atoms with Crippen LogP contribution < -0.4 is 4.74 Å². The summed E-state index contributed by atoms with van der Waals surface area (Å²) < 4.78 is 60.5. The molecule has 3 rings (SSSR count). The van der Waals surface area contributed by atoms with Crippen LogP contribution in [-0.2, 0) is 25.7 Å². The highest BCUT2D eigenvalue weighted by Crippen LogP contribution is 2.33. The topological polar surface area (TPSA) is 82.1 Å². The molecule has 0 amide bonds. The van der Waals surface area contributed by atoms with E-state index in [1.807, 2.05) is 41.6 Å². The Morgan fingerprint density at radius 2 is 1.76 bits per heavy atom. The van der Waals surface area contributed by atoms with Gasteiger partial charge in [-0.3, -0.25) is 4.90 Å². The quantitative estimate of drug-likeness (QED) is 0.313. The average molecular weight is 519 g/mol. The summed E-state index contributed by atoms with van der Waals surface area (Å²) in [6.07, 6.45) is -5.28. The fourth-order valence-corrected chi connectivity index (χ4v) is 4.81. The zero-order chi connectivity index (χ0) is 24.9. The molecule has 1 aliphatic heterocycles. The molecule has 0 spiro atoms. The van der Waals surface area contributed by atoms with Crippen molar-refractivity contribution in [1.82, 2.24) is 9.21 Å². The minimum absolute atomic E-state index is 0.226. The van der Waals surface area contributed by atoms with Crippen molar-refractivity contribution in [3.05, 3.63) is 59.1 Å². The first-order valence-electron chi connectivity index (χ1n) is 10.3. The number of hydrogen-bond donors (Lipinski definition) is 0. The third-order valence-corrected chi connectivity index (χ3v) is 6.95.